The smallest absolute Gasteiger partial charge is 0.338 e. The van der Waals surface area contributed by atoms with Crippen molar-refractivity contribution in [3.8, 4) is 17.6 Å². The third-order valence-electron chi connectivity index (χ3n) is 3.75. The van der Waals surface area contributed by atoms with Gasteiger partial charge in [0.2, 0.25) is 0 Å². The van der Waals surface area contributed by atoms with Crippen LogP contribution in [0.15, 0.2) is 48.0 Å². The number of rotatable bonds is 7. The predicted octanol–water partition coefficient (Wildman–Crippen LogP) is 3.43. The Labute approximate surface area is 163 Å². The molecule has 28 heavy (non-hydrogen) atoms. The molecule has 1 N–H and O–H groups in total. The lowest BCUT2D eigenvalue weighted by atomic mass is 10.1. The number of amides is 1. The van der Waals surface area contributed by atoms with Gasteiger partial charge in [-0.05, 0) is 43.3 Å². The molecule has 144 valence electrons. The van der Waals surface area contributed by atoms with E-state index < -0.39 is 11.9 Å². The van der Waals surface area contributed by atoms with Crippen LogP contribution < -0.4 is 14.8 Å². The Bertz CT molecular complexity index is 927. The van der Waals surface area contributed by atoms with E-state index in [9.17, 15) is 14.9 Å². The van der Waals surface area contributed by atoms with Crippen LogP contribution in [0.3, 0.4) is 0 Å². The summed E-state index contributed by atoms with van der Waals surface area (Å²) in [6.07, 6.45) is 1.42. The molecule has 7 nitrogen and oxygen atoms in total. The lowest BCUT2D eigenvalue weighted by Gasteiger charge is -2.10. The van der Waals surface area contributed by atoms with Gasteiger partial charge in [-0.1, -0.05) is 12.1 Å². The van der Waals surface area contributed by atoms with Crippen LogP contribution in [0.25, 0.3) is 6.08 Å². The van der Waals surface area contributed by atoms with Crippen molar-refractivity contribution in [1.29, 1.82) is 5.26 Å². The van der Waals surface area contributed by atoms with E-state index in [4.69, 9.17) is 14.2 Å². The van der Waals surface area contributed by atoms with E-state index in [1.807, 2.05) is 6.07 Å². The topological polar surface area (TPSA) is 97.7 Å². The van der Waals surface area contributed by atoms with E-state index in [1.165, 1.54) is 32.4 Å². The lowest BCUT2D eigenvalue weighted by molar-refractivity contribution is -0.112. The Balaban J connectivity index is 2.22. The molecule has 2 rings (SSSR count). The molecule has 0 atom stereocenters. The highest BCUT2D eigenvalue weighted by atomic mass is 16.5. The molecular weight excluding hydrogens is 360 g/mol. The van der Waals surface area contributed by atoms with Crippen LogP contribution in [-0.4, -0.2) is 32.7 Å². The number of hydrogen-bond donors (Lipinski definition) is 1. The molecule has 0 spiro atoms. The molecule has 0 aromatic heterocycles. The minimum atomic E-state index is -0.587. The first kappa shape index (κ1) is 20.5. The zero-order chi connectivity index (χ0) is 20.5. The van der Waals surface area contributed by atoms with E-state index in [0.717, 1.165) is 0 Å². The number of anilines is 1. The molecule has 0 saturated heterocycles. The number of benzene rings is 2. The van der Waals surface area contributed by atoms with E-state index in [1.54, 1.807) is 37.3 Å². The first-order valence-corrected chi connectivity index (χ1v) is 8.45. The number of para-hydroxylation sites is 1. The number of hydrogen-bond acceptors (Lipinski definition) is 6. The molecule has 0 fully saturated rings. The van der Waals surface area contributed by atoms with Crippen molar-refractivity contribution in [3.05, 3.63) is 59.2 Å². The summed E-state index contributed by atoms with van der Waals surface area (Å²) in [7, 11) is 2.98. The summed E-state index contributed by atoms with van der Waals surface area (Å²) in [4.78, 5) is 24.1. The van der Waals surface area contributed by atoms with Gasteiger partial charge in [0.05, 0.1) is 26.4 Å². The van der Waals surface area contributed by atoms with Crippen LogP contribution in [0.1, 0.15) is 22.8 Å². The summed E-state index contributed by atoms with van der Waals surface area (Å²) in [5.74, 6) is -0.118. The van der Waals surface area contributed by atoms with E-state index >= 15 is 0 Å². The molecule has 2 aromatic rings. The summed E-state index contributed by atoms with van der Waals surface area (Å²) >= 11 is 0. The summed E-state index contributed by atoms with van der Waals surface area (Å²) in [6.45, 7) is 2.00. The second kappa shape index (κ2) is 9.78. The minimum Gasteiger partial charge on any atom is -0.493 e. The van der Waals surface area contributed by atoms with Gasteiger partial charge in [0, 0.05) is 11.3 Å². The van der Waals surface area contributed by atoms with Crippen molar-refractivity contribution in [2.75, 3.05) is 26.1 Å². The van der Waals surface area contributed by atoms with Gasteiger partial charge < -0.3 is 19.5 Å². The fourth-order valence-electron chi connectivity index (χ4n) is 2.43. The SMILES string of the molecule is CCOC(=O)c1ccc(NC(=O)/C(C#N)=C/c2cccc(OC)c2OC)cc1. The fraction of sp³-hybridized carbons (Fsp3) is 0.190. The van der Waals surface area contributed by atoms with Crippen LogP contribution in [0.5, 0.6) is 11.5 Å². The van der Waals surface area contributed by atoms with Crippen LogP contribution >= 0.6 is 0 Å². The first-order valence-electron chi connectivity index (χ1n) is 8.45. The number of ether oxygens (including phenoxy) is 3. The average Bonchev–Trinajstić information content (AvgIpc) is 2.72. The molecule has 0 heterocycles. The minimum absolute atomic E-state index is 0.110. The van der Waals surface area contributed by atoms with Gasteiger partial charge in [-0.2, -0.15) is 5.26 Å². The van der Waals surface area contributed by atoms with Gasteiger partial charge in [0.25, 0.3) is 5.91 Å². The molecule has 0 aliphatic rings. The van der Waals surface area contributed by atoms with Gasteiger partial charge in [-0.3, -0.25) is 4.79 Å². The van der Waals surface area contributed by atoms with Crippen LogP contribution in [-0.2, 0) is 9.53 Å². The highest BCUT2D eigenvalue weighted by molar-refractivity contribution is 6.10. The van der Waals surface area contributed by atoms with Crippen LogP contribution in [0.4, 0.5) is 5.69 Å². The number of carbonyl (C=O) groups excluding carboxylic acids is 2. The fourth-order valence-corrected chi connectivity index (χ4v) is 2.43. The molecule has 1 amide bonds. The molecule has 0 aliphatic carbocycles. The number of nitrogens with one attached hydrogen (secondary N) is 1. The summed E-state index contributed by atoms with van der Waals surface area (Å²) in [5.41, 5.74) is 1.24. The maximum atomic E-state index is 12.5. The molecule has 2 aromatic carbocycles. The van der Waals surface area contributed by atoms with Crippen molar-refractivity contribution in [2.24, 2.45) is 0 Å². The van der Waals surface area contributed by atoms with Crippen molar-refractivity contribution >= 4 is 23.6 Å². The molecule has 0 radical (unpaired) electrons. The number of nitriles is 1. The average molecular weight is 380 g/mol. The quantitative estimate of drug-likeness (QED) is 0.449. The molecule has 0 bridgehead atoms. The Morgan fingerprint density at radius 2 is 1.82 bits per heavy atom. The zero-order valence-corrected chi connectivity index (χ0v) is 15.8. The number of carbonyl (C=O) groups is 2. The van der Waals surface area contributed by atoms with Crippen LogP contribution in [0.2, 0.25) is 0 Å². The second-order valence-electron chi connectivity index (χ2n) is 5.50. The van der Waals surface area contributed by atoms with E-state index in [-0.39, 0.29) is 12.2 Å². The summed E-state index contributed by atoms with van der Waals surface area (Å²) in [5, 5.41) is 12.0. The number of methoxy groups -OCH3 is 2. The van der Waals surface area contributed by atoms with Gasteiger partial charge in [-0.15, -0.1) is 0 Å². The Morgan fingerprint density at radius 3 is 2.39 bits per heavy atom. The van der Waals surface area contributed by atoms with Crippen molar-refractivity contribution < 1.29 is 23.8 Å². The Hall–Kier alpha value is -3.79. The maximum Gasteiger partial charge on any atom is 0.338 e. The van der Waals surface area contributed by atoms with Crippen LogP contribution in [0, 0.1) is 11.3 Å². The predicted molar refractivity (Wildman–Crippen MR) is 104 cm³/mol. The van der Waals surface area contributed by atoms with Crippen molar-refractivity contribution in [3.63, 3.8) is 0 Å². The largest absolute Gasteiger partial charge is 0.493 e. The number of nitrogens with zero attached hydrogens (tertiary/aromatic N) is 1. The van der Waals surface area contributed by atoms with Gasteiger partial charge in [0.1, 0.15) is 11.6 Å². The van der Waals surface area contributed by atoms with Gasteiger partial charge >= 0.3 is 5.97 Å². The summed E-state index contributed by atoms with van der Waals surface area (Å²) < 4.78 is 15.4. The Morgan fingerprint density at radius 1 is 1.11 bits per heavy atom. The molecule has 0 saturated carbocycles. The normalized spacial score (nSPS) is 10.6. The van der Waals surface area contributed by atoms with Crippen molar-refractivity contribution in [2.45, 2.75) is 6.92 Å². The van der Waals surface area contributed by atoms with E-state index in [0.29, 0.717) is 28.3 Å². The first-order chi connectivity index (χ1) is 13.5. The maximum absolute atomic E-state index is 12.5. The van der Waals surface area contributed by atoms with Gasteiger partial charge in [0.15, 0.2) is 11.5 Å². The third-order valence-corrected chi connectivity index (χ3v) is 3.75. The molecular formula is C21H20N2O5. The second-order valence-corrected chi connectivity index (χ2v) is 5.50. The zero-order valence-electron chi connectivity index (χ0n) is 15.8. The highest BCUT2D eigenvalue weighted by Crippen LogP contribution is 2.32. The summed E-state index contributed by atoms with van der Waals surface area (Å²) in [6, 6.07) is 13.2. The molecule has 0 unspecified atom stereocenters. The standard InChI is InChI=1S/C21H20N2O5/c1-4-28-21(25)14-8-10-17(11-9-14)23-20(24)16(13-22)12-15-6-5-7-18(26-2)19(15)27-3/h5-12H,4H2,1-3H3,(H,23,24)/b16-12+. The Kier molecular flexibility index (Phi) is 7.17. The monoisotopic (exact) mass is 380 g/mol. The lowest BCUT2D eigenvalue weighted by Crippen LogP contribution is -2.13. The van der Waals surface area contributed by atoms with E-state index in [2.05, 4.69) is 5.32 Å². The highest BCUT2D eigenvalue weighted by Gasteiger charge is 2.14. The van der Waals surface area contributed by atoms with Gasteiger partial charge in [-0.25, -0.2) is 4.79 Å². The number of esters is 1. The molecule has 0 aliphatic heterocycles. The third kappa shape index (κ3) is 4.89. The van der Waals surface area contributed by atoms with Crippen molar-refractivity contribution in [1.82, 2.24) is 0 Å². The molecule has 7 heteroatoms.